The molecule has 0 aliphatic carbocycles. The summed E-state index contributed by atoms with van der Waals surface area (Å²) in [5.74, 6) is 1.08. The summed E-state index contributed by atoms with van der Waals surface area (Å²) in [6.07, 6.45) is 2.09. The first-order chi connectivity index (χ1) is 12.5. The number of hydrogen-bond acceptors (Lipinski definition) is 5. The van der Waals surface area contributed by atoms with Crippen LogP contribution in [-0.2, 0) is 4.79 Å². The van der Waals surface area contributed by atoms with E-state index in [2.05, 4.69) is 15.5 Å². The molecule has 0 radical (unpaired) electrons. The lowest BCUT2D eigenvalue weighted by molar-refractivity contribution is -0.132. The highest BCUT2D eigenvalue weighted by Crippen LogP contribution is 2.25. The number of nitrogens with zero attached hydrogens (tertiary/aromatic N) is 3. The van der Waals surface area contributed by atoms with Crippen molar-refractivity contribution in [2.75, 3.05) is 19.6 Å². The van der Waals surface area contributed by atoms with Crippen LogP contribution in [0.25, 0.3) is 0 Å². The van der Waals surface area contributed by atoms with Crippen molar-refractivity contribution < 1.29 is 14.1 Å². The fourth-order valence-corrected chi connectivity index (χ4v) is 3.15. The number of nitrogens with one attached hydrogen (secondary N) is 1. The van der Waals surface area contributed by atoms with Crippen molar-refractivity contribution in [3.8, 4) is 0 Å². The van der Waals surface area contributed by atoms with E-state index in [0.29, 0.717) is 41.9 Å². The van der Waals surface area contributed by atoms with Crippen molar-refractivity contribution in [2.24, 2.45) is 0 Å². The predicted molar refractivity (Wildman–Crippen MR) is 96.0 cm³/mol. The number of aryl methyl sites for hydroxylation is 1. The molecule has 1 aromatic heterocycles. The van der Waals surface area contributed by atoms with Crippen LogP contribution in [0.15, 0.2) is 28.8 Å². The molecular formula is C18H21ClN4O3. The zero-order valence-corrected chi connectivity index (χ0v) is 15.3. The van der Waals surface area contributed by atoms with E-state index in [1.54, 1.807) is 31.2 Å². The average Bonchev–Trinajstić information content (AvgIpc) is 3.08. The zero-order valence-electron chi connectivity index (χ0n) is 14.6. The van der Waals surface area contributed by atoms with Gasteiger partial charge in [-0.3, -0.25) is 9.59 Å². The molecule has 1 aliphatic heterocycles. The van der Waals surface area contributed by atoms with Crippen LogP contribution in [-0.4, -0.2) is 46.5 Å². The topological polar surface area (TPSA) is 88.3 Å². The molecule has 1 fully saturated rings. The Balaban J connectivity index is 1.47. The van der Waals surface area contributed by atoms with Crippen LogP contribution in [0.5, 0.6) is 0 Å². The molecule has 26 heavy (non-hydrogen) atoms. The normalized spacial score (nSPS) is 17.2. The fourth-order valence-electron chi connectivity index (χ4n) is 3.03. The molecule has 8 heteroatoms. The van der Waals surface area contributed by atoms with Gasteiger partial charge in [-0.15, -0.1) is 0 Å². The fraction of sp³-hybridized carbons (Fsp3) is 0.444. The number of carbonyl (C=O) groups is 2. The first-order valence-corrected chi connectivity index (χ1v) is 9.02. The van der Waals surface area contributed by atoms with Gasteiger partial charge in [0, 0.05) is 36.6 Å². The van der Waals surface area contributed by atoms with Crippen LogP contribution in [0.4, 0.5) is 0 Å². The number of hydrogen-bond donors (Lipinski definition) is 1. The molecule has 1 atom stereocenters. The minimum atomic E-state index is -0.215. The van der Waals surface area contributed by atoms with Crippen LogP contribution in [0.1, 0.15) is 47.3 Å². The third-order valence-corrected chi connectivity index (χ3v) is 4.65. The number of aromatic nitrogens is 2. The van der Waals surface area contributed by atoms with Crippen molar-refractivity contribution in [1.29, 1.82) is 0 Å². The second kappa shape index (κ2) is 8.31. The summed E-state index contributed by atoms with van der Waals surface area (Å²) < 4.78 is 5.24. The van der Waals surface area contributed by atoms with Gasteiger partial charge in [-0.2, -0.15) is 4.98 Å². The minimum Gasteiger partial charge on any atom is -0.352 e. The number of halogens is 1. The average molecular weight is 377 g/mol. The molecule has 0 saturated carbocycles. The van der Waals surface area contributed by atoms with Crippen molar-refractivity contribution in [1.82, 2.24) is 20.4 Å². The van der Waals surface area contributed by atoms with Gasteiger partial charge in [-0.1, -0.05) is 16.8 Å². The first kappa shape index (κ1) is 18.4. The highest BCUT2D eigenvalue weighted by atomic mass is 35.5. The first-order valence-electron chi connectivity index (χ1n) is 8.64. The Kier molecular flexibility index (Phi) is 5.88. The standard InChI is InChI=1S/C18H21ClN4O3/c1-12-21-18(26-22-12)14-3-2-10-23(11-14)16(24)8-9-20-17(25)13-4-6-15(19)7-5-13/h4-7,14H,2-3,8-11H2,1H3,(H,20,25)/t14-/m0/s1. The van der Waals surface area contributed by atoms with Crippen LogP contribution < -0.4 is 5.32 Å². The largest absolute Gasteiger partial charge is 0.352 e. The van der Waals surface area contributed by atoms with Crippen LogP contribution in [0.3, 0.4) is 0 Å². The molecule has 2 heterocycles. The number of carbonyl (C=O) groups excluding carboxylic acids is 2. The Morgan fingerprint density at radius 1 is 1.35 bits per heavy atom. The van der Waals surface area contributed by atoms with E-state index >= 15 is 0 Å². The number of piperidine rings is 1. The number of likely N-dealkylation sites (tertiary alicyclic amines) is 1. The third-order valence-electron chi connectivity index (χ3n) is 4.40. The third kappa shape index (κ3) is 4.60. The Labute approximate surface area is 156 Å². The summed E-state index contributed by atoms with van der Waals surface area (Å²) in [6, 6.07) is 6.63. The van der Waals surface area contributed by atoms with Gasteiger partial charge >= 0.3 is 0 Å². The summed E-state index contributed by atoms with van der Waals surface area (Å²) in [5, 5.41) is 7.16. The Bertz CT molecular complexity index is 775. The molecule has 0 unspecified atom stereocenters. The van der Waals surface area contributed by atoms with Gasteiger partial charge in [0.1, 0.15) is 0 Å². The van der Waals surface area contributed by atoms with E-state index in [4.69, 9.17) is 16.1 Å². The maximum atomic E-state index is 12.4. The molecule has 2 amide bonds. The quantitative estimate of drug-likeness (QED) is 0.866. The van der Waals surface area contributed by atoms with Crippen LogP contribution in [0, 0.1) is 6.92 Å². The molecule has 3 rings (SSSR count). The molecule has 7 nitrogen and oxygen atoms in total. The summed E-state index contributed by atoms with van der Waals surface area (Å²) in [4.78, 5) is 30.6. The molecule has 138 valence electrons. The maximum Gasteiger partial charge on any atom is 0.251 e. The number of benzene rings is 1. The molecule has 0 spiro atoms. The monoisotopic (exact) mass is 376 g/mol. The predicted octanol–water partition coefficient (Wildman–Crippen LogP) is 2.56. The molecule has 1 aromatic carbocycles. The molecular weight excluding hydrogens is 356 g/mol. The lowest BCUT2D eigenvalue weighted by Gasteiger charge is -2.31. The van der Waals surface area contributed by atoms with Crippen LogP contribution in [0.2, 0.25) is 5.02 Å². The van der Waals surface area contributed by atoms with E-state index < -0.39 is 0 Å². The summed E-state index contributed by atoms with van der Waals surface area (Å²) in [5.41, 5.74) is 0.520. The van der Waals surface area contributed by atoms with Crippen molar-refractivity contribution in [3.05, 3.63) is 46.6 Å². The van der Waals surface area contributed by atoms with Gasteiger partial charge in [0.25, 0.3) is 5.91 Å². The van der Waals surface area contributed by atoms with Gasteiger partial charge < -0.3 is 14.7 Å². The zero-order chi connectivity index (χ0) is 18.5. The van der Waals surface area contributed by atoms with Crippen molar-refractivity contribution >= 4 is 23.4 Å². The lowest BCUT2D eigenvalue weighted by Crippen LogP contribution is -2.40. The molecule has 1 saturated heterocycles. The highest BCUT2D eigenvalue weighted by molar-refractivity contribution is 6.30. The number of rotatable bonds is 5. The second-order valence-electron chi connectivity index (χ2n) is 6.37. The molecule has 1 N–H and O–H groups in total. The van der Waals surface area contributed by atoms with Crippen molar-refractivity contribution in [2.45, 2.75) is 32.1 Å². The van der Waals surface area contributed by atoms with Gasteiger partial charge in [0.2, 0.25) is 11.8 Å². The Hall–Kier alpha value is -2.41. The van der Waals surface area contributed by atoms with E-state index in [1.807, 2.05) is 4.90 Å². The Morgan fingerprint density at radius 2 is 2.12 bits per heavy atom. The number of amides is 2. The second-order valence-corrected chi connectivity index (χ2v) is 6.81. The SMILES string of the molecule is Cc1noc([C@H]2CCCN(C(=O)CCNC(=O)c3ccc(Cl)cc3)C2)n1. The van der Waals surface area contributed by atoms with Gasteiger partial charge in [-0.25, -0.2) is 0 Å². The van der Waals surface area contributed by atoms with Gasteiger partial charge in [-0.05, 0) is 44.0 Å². The highest BCUT2D eigenvalue weighted by Gasteiger charge is 2.28. The Morgan fingerprint density at radius 3 is 2.81 bits per heavy atom. The summed E-state index contributed by atoms with van der Waals surface area (Å²) in [7, 11) is 0. The van der Waals surface area contributed by atoms with E-state index in [-0.39, 0.29) is 24.2 Å². The lowest BCUT2D eigenvalue weighted by atomic mass is 9.97. The summed E-state index contributed by atoms with van der Waals surface area (Å²) >= 11 is 5.81. The van der Waals surface area contributed by atoms with Gasteiger partial charge in [0.15, 0.2) is 5.82 Å². The molecule has 2 aromatic rings. The minimum absolute atomic E-state index is 0.0161. The van der Waals surface area contributed by atoms with E-state index in [0.717, 1.165) is 12.8 Å². The summed E-state index contributed by atoms with van der Waals surface area (Å²) in [6.45, 7) is 3.36. The van der Waals surface area contributed by atoms with E-state index in [9.17, 15) is 9.59 Å². The van der Waals surface area contributed by atoms with Crippen LogP contribution >= 0.6 is 11.6 Å². The smallest absolute Gasteiger partial charge is 0.251 e. The van der Waals surface area contributed by atoms with Gasteiger partial charge in [0.05, 0.1) is 5.92 Å². The maximum absolute atomic E-state index is 12.4. The molecule has 0 bridgehead atoms. The molecule has 1 aliphatic rings. The van der Waals surface area contributed by atoms with Crippen molar-refractivity contribution in [3.63, 3.8) is 0 Å². The van der Waals surface area contributed by atoms with E-state index in [1.165, 1.54) is 0 Å².